The van der Waals surface area contributed by atoms with Gasteiger partial charge in [-0.2, -0.15) is 8.78 Å². The summed E-state index contributed by atoms with van der Waals surface area (Å²) in [5.41, 5.74) is -0.0629. The van der Waals surface area contributed by atoms with Crippen LogP contribution < -0.4 is 4.90 Å². The Bertz CT molecular complexity index is 1170. The molecule has 1 atom stereocenters. The lowest BCUT2D eigenvalue weighted by Gasteiger charge is -2.33. The van der Waals surface area contributed by atoms with Crippen LogP contribution in [0.1, 0.15) is 43.9 Å². The number of ether oxygens (including phenoxy) is 1. The van der Waals surface area contributed by atoms with E-state index in [2.05, 4.69) is 11.7 Å². The largest absolute Gasteiger partial charge is 0.443 e. The van der Waals surface area contributed by atoms with E-state index in [0.717, 1.165) is 11.3 Å². The van der Waals surface area contributed by atoms with E-state index in [9.17, 15) is 4.79 Å². The summed E-state index contributed by atoms with van der Waals surface area (Å²) in [7, 11) is 0. The van der Waals surface area contributed by atoms with Gasteiger partial charge in [0.2, 0.25) is 5.60 Å². The third kappa shape index (κ3) is 4.39. The summed E-state index contributed by atoms with van der Waals surface area (Å²) in [6.07, 6.45) is 0.496. The molecule has 0 spiro atoms. The van der Waals surface area contributed by atoms with Crippen LogP contribution in [0.25, 0.3) is 0 Å². The lowest BCUT2D eigenvalue weighted by atomic mass is 9.81. The number of carbonyl (C=O) groups is 1. The Morgan fingerprint density at radius 1 is 1.21 bits per heavy atom. The van der Waals surface area contributed by atoms with Crippen LogP contribution in [-0.4, -0.2) is 29.9 Å². The fraction of sp³-hybridized carbons (Fsp3) is 0.360. The van der Waals surface area contributed by atoms with Crippen molar-refractivity contribution in [1.82, 2.24) is 0 Å². The lowest BCUT2D eigenvalue weighted by Crippen LogP contribution is -2.44. The Kier molecular flexibility index (Phi) is 6.15. The van der Waals surface area contributed by atoms with Gasteiger partial charge in [0.05, 0.1) is 11.4 Å². The maximum atomic E-state index is 15.2. The first-order valence-electron chi connectivity index (χ1n) is 10.7. The summed E-state index contributed by atoms with van der Waals surface area (Å²) < 4.78 is 35.9. The van der Waals surface area contributed by atoms with Gasteiger partial charge < -0.3 is 9.57 Å². The molecular formula is C25H24Cl2F2N2O3. The van der Waals surface area contributed by atoms with Crippen LogP contribution in [0.4, 0.5) is 19.3 Å². The number of nitrogens with zero attached hydrogens (tertiary/aromatic N) is 2. The maximum Gasteiger partial charge on any atom is 0.414 e. The minimum Gasteiger partial charge on any atom is -0.443 e. The topological polar surface area (TPSA) is 51.1 Å². The predicted octanol–water partition coefficient (Wildman–Crippen LogP) is 7.13. The van der Waals surface area contributed by atoms with Gasteiger partial charge in [-0.25, -0.2) is 4.79 Å². The van der Waals surface area contributed by atoms with E-state index >= 15 is 8.78 Å². The van der Waals surface area contributed by atoms with Gasteiger partial charge in [0, 0.05) is 28.6 Å². The van der Waals surface area contributed by atoms with Gasteiger partial charge >= 0.3 is 12.0 Å². The fourth-order valence-corrected chi connectivity index (χ4v) is 4.68. The summed E-state index contributed by atoms with van der Waals surface area (Å²) in [4.78, 5) is 19.6. The average molecular weight is 509 g/mol. The second-order valence-corrected chi connectivity index (χ2v) is 10.2. The third-order valence-corrected chi connectivity index (χ3v) is 6.21. The zero-order chi connectivity index (χ0) is 24.9. The molecule has 1 amide bonds. The number of amides is 1. The summed E-state index contributed by atoms with van der Waals surface area (Å²) in [6.45, 7) is 9.18. The zero-order valence-corrected chi connectivity index (χ0v) is 20.5. The highest BCUT2D eigenvalue weighted by atomic mass is 35.5. The van der Waals surface area contributed by atoms with E-state index in [4.69, 9.17) is 32.8 Å². The molecule has 2 aliphatic rings. The molecule has 4 rings (SSSR count). The van der Waals surface area contributed by atoms with Crippen LogP contribution in [0, 0.1) is 0 Å². The third-order valence-electron chi connectivity index (χ3n) is 5.77. The number of anilines is 1. The van der Waals surface area contributed by atoms with Crippen LogP contribution in [0.2, 0.25) is 10.0 Å². The lowest BCUT2D eigenvalue weighted by molar-refractivity contribution is -0.176. The summed E-state index contributed by atoms with van der Waals surface area (Å²) in [6, 6.07) is 9.59. The van der Waals surface area contributed by atoms with Gasteiger partial charge in [0.1, 0.15) is 5.60 Å². The van der Waals surface area contributed by atoms with E-state index in [1.54, 1.807) is 17.0 Å². The van der Waals surface area contributed by atoms with Gasteiger partial charge in [-0.3, -0.25) is 4.90 Å². The highest BCUT2D eigenvalue weighted by molar-refractivity contribution is 6.34. The van der Waals surface area contributed by atoms with Crippen molar-refractivity contribution in [1.29, 1.82) is 0 Å². The van der Waals surface area contributed by atoms with Gasteiger partial charge in [-0.1, -0.05) is 41.0 Å². The normalized spacial score (nSPS) is 20.0. The molecule has 2 aromatic rings. The van der Waals surface area contributed by atoms with Crippen molar-refractivity contribution in [3.63, 3.8) is 0 Å². The average Bonchev–Trinajstić information content (AvgIpc) is 3.37. The Balaban J connectivity index is 1.65. The summed E-state index contributed by atoms with van der Waals surface area (Å²) >= 11 is 12.2. The van der Waals surface area contributed by atoms with Crippen LogP contribution in [0.3, 0.4) is 0 Å². The fourth-order valence-electron chi connectivity index (χ4n) is 4.15. The molecular weight excluding hydrogens is 485 g/mol. The molecule has 5 nitrogen and oxygen atoms in total. The van der Waals surface area contributed by atoms with Crippen molar-refractivity contribution in [2.24, 2.45) is 5.16 Å². The van der Waals surface area contributed by atoms with E-state index in [1.165, 1.54) is 18.2 Å². The number of halogens is 4. The number of rotatable bonds is 4. The van der Waals surface area contributed by atoms with Crippen LogP contribution in [-0.2, 0) is 21.6 Å². The van der Waals surface area contributed by atoms with Gasteiger partial charge in [-0.05, 0) is 74.7 Å². The highest BCUT2D eigenvalue weighted by Gasteiger charge is 2.59. The van der Waals surface area contributed by atoms with Crippen molar-refractivity contribution in [3.8, 4) is 0 Å². The van der Waals surface area contributed by atoms with Crippen LogP contribution in [0.5, 0.6) is 0 Å². The van der Waals surface area contributed by atoms with Crippen molar-refractivity contribution in [2.45, 2.75) is 50.7 Å². The maximum absolute atomic E-state index is 15.2. The van der Waals surface area contributed by atoms with Gasteiger partial charge in [0.15, 0.2) is 0 Å². The Morgan fingerprint density at radius 3 is 2.50 bits per heavy atom. The van der Waals surface area contributed by atoms with Gasteiger partial charge in [-0.15, -0.1) is 0 Å². The molecule has 34 heavy (non-hydrogen) atoms. The van der Waals surface area contributed by atoms with Crippen molar-refractivity contribution < 1.29 is 23.1 Å². The second-order valence-electron chi connectivity index (χ2n) is 9.34. The molecule has 2 heterocycles. The van der Waals surface area contributed by atoms with Crippen LogP contribution >= 0.6 is 23.2 Å². The SMILES string of the molecule is C=CC(F)(F)C1(c2cc(Cl)cc(Cl)c2)CC(c2ccc3c(c2)CCN3C(=O)OC(C)(C)C)=NO1. The smallest absolute Gasteiger partial charge is 0.414 e. The molecule has 0 saturated carbocycles. The van der Waals surface area contributed by atoms with E-state index < -0.39 is 23.2 Å². The molecule has 0 aliphatic carbocycles. The molecule has 0 N–H and O–H groups in total. The predicted molar refractivity (Wildman–Crippen MR) is 129 cm³/mol. The molecule has 0 aromatic heterocycles. The first-order valence-corrected chi connectivity index (χ1v) is 11.5. The minimum absolute atomic E-state index is 0.103. The van der Waals surface area contributed by atoms with Gasteiger partial charge in [0.25, 0.3) is 0 Å². The molecule has 0 radical (unpaired) electrons. The Labute approximate surface area is 206 Å². The first-order chi connectivity index (χ1) is 15.8. The Morgan fingerprint density at radius 2 is 1.88 bits per heavy atom. The van der Waals surface area contributed by atoms with Crippen molar-refractivity contribution in [2.75, 3.05) is 11.4 Å². The molecule has 0 bridgehead atoms. The van der Waals surface area contributed by atoms with E-state index in [1.807, 2.05) is 26.8 Å². The number of hydrogen-bond donors (Lipinski definition) is 0. The summed E-state index contributed by atoms with van der Waals surface area (Å²) in [5.74, 6) is -3.46. The number of benzene rings is 2. The zero-order valence-electron chi connectivity index (χ0n) is 19.0. The molecule has 2 aliphatic heterocycles. The second kappa shape index (κ2) is 8.54. The quantitative estimate of drug-likeness (QED) is 0.412. The molecule has 0 fully saturated rings. The number of carbonyl (C=O) groups excluding carboxylic acids is 1. The molecule has 9 heteroatoms. The molecule has 0 saturated heterocycles. The monoisotopic (exact) mass is 508 g/mol. The molecule has 1 unspecified atom stereocenters. The molecule has 180 valence electrons. The number of hydrogen-bond acceptors (Lipinski definition) is 4. The highest BCUT2D eigenvalue weighted by Crippen LogP contribution is 2.49. The number of fused-ring (bicyclic) bond motifs is 1. The van der Waals surface area contributed by atoms with Crippen molar-refractivity contribution in [3.05, 3.63) is 75.8 Å². The van der Waals surface area contributed by atoms with Crippen LogP contribution in [0.15, 0.2) is 54.2 Å². The first kappa shape index (κ1) is 24.5. The summed E-state index contributed by atoms with van der Waals surface area (Å²) in [5, 5.41) is 4.45. The Hall–Kier alpha value is -2.64. The minimum atomic E-state index is -3.46. The molecule has 2 aromatic carbocycles. The van der Waals surface area contributed by atoms with E-state index in [0.29, 0.717) is 30.3 Å². The van der Waals surface area contributed by atoms with Crippen molar-refractivity contribution >= 4 is 40.7 Å². The number of oxime groups is 1. The standard InChI is InChI=1S/C25H24Cl2F2N2O3/c1-5-25(28,29)24(17-11-18(26)13-19(27)12-17)14-20(30-34-24)15-6-7-21-16(10-15)8-9-31(21)22(32)33-23(2,3)4/h5-7,10-13H,1,8-9,14H2,2-4H3. The number of alkyl halides is 2. The van der Waals surface area contributed by atoms with E-state index in [-0.39, 0.29) is 22.0 Å².